The summed E-state index contributed by atoms with van der Waals surface area (Å²) in [5, 5.41) is 0. The van der Waals surface area contributed by atoms with Gasteiger partial charge in [-0.3, -0.25) is 19.6 Å². The normalized spacial score (nSPS) is 36.9. The zero-order valence-corrected chi connectivity index (χ0v) is 39.6. The van der Waals surface area contributed by atoms with Crippen LogP contribution >= 0.6 is 0 Å². The van der Waals surface area contributed by atoms with Crippen LogP contribution in [-0.2, 0) is 0 Å². The van der Waals surface area contributed by atoms with Gasteiger partial charge in [0.2, 0.25) is 0 Å². The van der Waals surface area contributed by atoms with Gasteiger partial charge in [0, 0.05) is 44.3 Å². The van der Waals surface area contributed by atoms with E-state index in [0.717, 1.165) is 73.5 Å². The van der Waals surface area contributed by atoms with Gasteiger partial charge in [-0.25, -0.2) is 0 Å². The second kappa shape index (κ2) is 14.3. The van der Waals surface area contributed by atoms with Gasteiger partial charge in [0.15, 0.2) is 0 Å². The molecule has 4 nitrogen and oxygen atoms in total. The molecule has 0 bridgehead atoms. The predicted molar refractivity (Wildman–Crippen MR) is 232 cm³/mol. The highest BCUT2D eigenvalue weighted by Crippen LogP contribution is 2.65. The first-order valence-electron chi connectivity index (χ1n) is 23.1. The van der Waals surface area contributed by atoms with Crippen molar-refractivity contribution >= 4 is 0 Å². The molecule has 0 N–H and O–H groups in total. The Balaban J connectivity index is 1.71. The lowest BCUT2D eigenvalue weighted by Gasteiger charge is -2.61. The van der Waals surface area contributed by atoms with E-state index in [1.165, 1.54) is 57.8 Å². The van der Waals surface area contributed by atoms with Crippen LogP contribution in [0.5, 0.6) is 0 Å². The number of hydrogen-bond acceptors (Lipinski definition) is 4. The molecule has 0 aromatic carbocycles. The van der Waals surface area contributed by atoms with Crippen molar-refractivity contribution in [2.24, 2.45) is 47.3 Å². The zero-order valence-electron chi connectivity index (χ0n) is 39.6. The number of piperidine rings is 4. The molecule has 4 saturated heterocycles. The lowest BCUT2D eigenvalue weighted by molar-refractivity contribution is -0.114. The fraction of sp³-hybridized carbons (Fsp3) is 1.00. The molecule has 5 rings (SSSR count). The van der Waals surface area contributed by atoms with E-state index in [0.29, 0.717) is 0 Å². The van der Waals surface area contributed by atoms with Crippen LogP contribution in [0.4, 0.5) is 0 Å². The molecule has 53 heavy (non-hydrogen) atoms. The van der Waals surface area contributed by atoms with Crippen LogP contribution in [0.15, 0.2) is 0 Å². The molecule has 4 aliphatic heterocycles. The molecular formula is C49H94N4. The van der Waals surface area contributed by atoms with E-state index in [2.05, 4.69) is 158 Å². The lowest BCUT2D eigenvalue weighted by atomic mass is 9.56. The Morgan fingerprint density at radius 1 is 0.302 bits per heavy atom. The highest BCUT2D eigenvalue weighted by molar-refractivity contribution is 5.14. The van der Waals surface area contributed by atoms with Crippen LogP contribution in [0.25, 0.3) is 0 Å². The Morgan fingerprint density at radius 3 is 0.642 bits per heavy atom. The largest absolute Gasteiger partial charge is 0.293 e. The second-order valence-electron chi connectivity index (χ2n) is 24.9. The molecule has 0 radical (unpaired) electrons. The van der Waals surface area contributed by atoms with Crippen molar-refractivity contribution in [1.29, 1.82) is 0 Å². The zero-order chi connectivity index (χ0) is 40.1. The minimum absolute atomic E-state index is 0.221. The maximum Gasteiger partial charge on any atom is 0.0161 e. The van der Waals surface area contributed by atoms with E-state index in [4.69, 9.17) is 0 Å². The van der Waals surface area contributed by atoms with Crippen LogP contribution < -0.4 is 0 Å². The van der Waals surface area contributed by atoms with Crippen LogP contribution in [0.2, 0.25) is 0 Å². The van der Waals surface area contributed by atoms with Gasteiger partial charge < -0.3 is 0 Å². The van der Waals surface area contributed by atoms with Gasteiger partial charge in [0.05, 0.1) is 0 Å². The number of rotatable bonds is 8. The summed E-state index contributed by atoms with van der Waals surface area (Å²) >= 11 is 0. The second-order valence-corrected chi connectivity index (χ2v) is 24.9. The third kappa shape index (κ3) is 7.88. The van der Waals surface area contributed by atoms with Crippen LogP contribution in [0.1, 0.15) is 196 Å². The fourth-order valence-electron chi connectivity index (χ4n) is 17.7. The van der Waals surface area contributed by atoms with Crippen molar-refractivity contribution in [3.8, 4) is 0 Å². The average Bonchev–Trinajstić information content (AvgIpc) is 3.34. The van der Waals surface area contributed by atoms with E-state index in [-0.39, 0.29) is 44.3 Å². The topological polar surface area (TPSA) is 13.0 Å². The Bertz CT molecular complexity index is 1100. The van der Waals surface area contributed by atoms with Gasteiger partial charge in [-0.15, -0.1) is 0 Å². The predicted octanol–water partition coefficient (Wildman–Crippen LogP) is 12.0. The molecule has 1 saturated carbocycles. The van der Waals surface area contributed by atoms with E-state index in [9.17, 15) is 0 Å². The van der Waals surface area contributed by atoms with Crippen LogP contribution in [-0.4, -0.2) is 90.1 Å². The minimum Gasteiger partial charge on any atom is -0.293 e. The van der Waals surface area contributed by atoms with E-state index in [1.54, 1.807) is 0 Å². The van der Waals surface area contributed by atoms with Gasteiger partial charge in [-0.1, -0.05) is 27.7 Å². The molecule has 4 heterocycles. The van der Waals surface area contributed by atoms with Crippen molar-refractivity contribution < 1.29 is 0 Å². The maximum absolute atomic E-state index is 2.89. The smallest absolute Gasteiger partial charge is 0.0161 e. The number of likely N-dealkylation sites (tertiary alicyclic amines) is 4. The summed E-state index contributed by atoms with van der Waals surface area (Å²) in [5.74, 6) is 6.41. The molecule has 5 fully saturated rings. The van der Waals surface area contributed by atoms with Crippen LogP contribution in [0.3, 0.4) is 0 Å². The monoisotopic (exact) mass is 739 g/mol. The molecule has 0 aromatic rings. The van der Waals surface area contributed by atoms with Crippen molar-refractivity contribution in [3.05, 3.63) is 0 Å². The summed E-state index contributed by atoms with van der Waals surface area (Å²) in [6, 6.07) is 0. The first-order chi connectivity index (χ1) is 24.0. The maximum atomic E-state index is 2.89. The Labute approximate surface area is 332 Å². The summed E-state index contributed by atoms with van der Waals surface area (Å²) < 4.78 is 0. The minimum atomic E-state index is 0.221. The molecule has 0 aromatic heterocycles. The molecule has 4 atom stereocenters. The van der Waals surface area contributed by atoms with Crippen molar-refractivity contribution in [3.63, 3.8) is 0 Å². The van der Waals surface area contributed by atoms with Crippen molar-refractivity contribution in [1.82, 2.24) is 19.6 Å². The third-order valence-corrected chi connectivity index (χ3v) is 17.5. The summed E-state index contributed by atoms with van der Waals surface area (Å²) in [4.78, 5) is 11.5. The summed E-state index contributed by atoms with van der Waals surface area (Å²) in [5.41, 5.74) is 1.81. The van der Waals surface area contributed by atoms with Gasteiger partial charge >= 0.3 is 0 Å². The van der Waals surface area contributed by atoms with E-state index < -0.39 is 0 Å². The highest BCUT2D eigenvalue weighted by atomic mass is 15.3. The highest BCUT2D eigenvalue weighted by Gasteiger charge is 2.62. The van der Waals surface area contributed by atoms with Crippen molar-refractivity contribution in [2.45, 2.75) is 241 Å². The molecule has 0 amide bonds. The molecule has 5 aliphatic rings. The van der Waals surface area contributed by atoms with Gasteiger partial charge in [0.1, 0.15) is 0 Å². The Kier molecular flexibility index (Phi) is 11.8. The Morgan fingerprint density at radius 2 is 0.472 bits per heavy atom. The first-order valence-corrected chi connectivity index (χ1v) is 23.1. The molecule has 1 aliphatic carbocycles. The molecule has 310 valence electrons. The van der Waals surface area contributed by atoms with Gasteiger partial charge in [-0.05, 0) is 242 Å². The standard InChI is InChI=1S/C49H94N4/c1-21-50-42(5,6)26-34(27-43(50,7)8)38-25-39(35-28-44(9,10)51(22-2)45(11,12)29-35)41(37-32-48(17,18)53(24-4)49(19,20)33-37)40(38)36-30-46(13,14)52(23-3)47(15,16)31-36/h34-41H,21-33H2,1-20H3. The summed E-state index contributed by atoms with van der Waals surface area (Å²) in [6.45, 7) is 56.0. The molecule has 0 spiro atoms. The molecule has 4 heteroatoms. The average molecular weight is 739 g/mol. The SMILES string of the molecule is CCN1C(C)(C)CC(C2CC(C3CC(C)(C)N(CC)C(C)(C)C3)C(C3CC(C)(C)N(CC)C(C)(C)C3)C2C2CC(C)(C)N(CC)C(C)(C)C2)CC1(C)C. The van der Waals surface area contributed by atoms with E-state index >= 15 is 0 Å². The lowest BCUT2D eigenvalue weighted by Crippen LogP contribution is -2.64. The van der Waals surface area contributed by atoms with Gasteiger partial charge in [-0.2, -0.15) is 0 Å². The first kappa shape index (κ1) is 44.0. The molecule has 4 unspecified atom stereocenters. The third-order valence-electron chi connectivity index (χ3n) is 17.5. The summed E-state index contributed by atoms with van der Waals surface area (Å²) in [7, 11) is 0. The van der Waals surface area contributed by atoms with Gasteiger partial charge in [0.25, 0.3) is 0 Å². The quantitative estimate of drug-likeness (QED) is 0.246. The Hall–Kier alpha value is -0.160. The van der Waals surface area contributed by atoms with E-state index in [1.807, 2.05) is 0 Å². The van der Waals surface area contributed by atoms with Crippen LogP contribution in [0, 0.1) is 47.3 Å². The number of hydrogen-bond donors (Lipinski definition) is 0. The molecular weight excluding hydrogens is 645 g/mol. The fourth-order valence-corrected chi connectivity index (χ4v) is 17.7. The number of nitrogens with zero attached hydrogens (tertiary/aromatic N) is 4. The van der Waals surface area contributed by atoms with Crippen molar-refractivity contribution in [2.75, 3.05) is 26.2 Å². The summed E-state index contributed by atoms with van der Waals surface area (Å²) in [6.07, 6.45) is 12.4.